The van der Waals surface area contributed by atoms with Crippen molar-refractivity contribution in [3.63, 3.8) is 0 Å². The van der Waals surface area contributed by atoms with Crippen molar-refractivity contribution in [3.05, 3.63) is 35.5 Å². The summed E-state index contributed by atoms with van der Waals surface area (Å²) in [4.78, 5) is 29.4. The van der Waals surface area contributed by atoms with Crippen molar-refractivity contribution in [2.24, 2.45) is 4.99 Å². The predicted molar refractivity (Wildman–Crippen MR) is 80.2 cm³/mol. The largest absolute Gasteiger partial charge is 0.310 e. The van der Waals surface area contributed by atoms with Crippen molar-refractivity contribution in [2.45, 2.75) is 11.8 Å². The molecule has 1 aliphatic rings. The van der Waals surface area contributed by atoms with Crippen molar-refractivity contribution >= 4 is 35.6 Å². The number of nitrogens with one attached hydrogen (secondary N) is 1. The van der Waals surface area contributed by atoms with E-state index in [0.29, 0.717) is 5.70 Å². The maximum Gasteiger partial charge on any atom is 0.296 e. The standard InChI is InChI=1S/C14H15N3O2S/c1-9(18)15-14-16-13(19)12(17(14)2)8-10-4-6-11(20-3)7-5-10/h4-8H,1-3H3,(H,15,16,18,19). The molecule has 2 rings (SSSR count). The van der Waals surface area contributed by atoms with Gasteiger partial charge >= 0.3 is 0 Å². The molecule has 20 heavy (non-hydrogen) atoms. The molecular weight excluding hydrogens is 274 g/mol. The van der Waals surface area contributed by atoms with Crippen LogP contribution in [0.5, 0.6) is 0 Å². The number of rotatable bonds is 2. The zero-order valence-corrected chi connectivity index (χ0v) is 12.3. The number of aliphatic imine (C=N–C) groups is 1. The van der Waals surface area contributed by atoms with E-state index in [1.165, 1.54) is 6.92 Å². The molecular formula is C14H15N3O2S. The van der Waals surface area contributed by atoms with Gasteiger partial charge in [0, 0.05) is 18.9 Å². The van der Waals surface area contributed by atoms with Crippen molar-refractivity contribution in [2.75, 3.05) is 13.3 Å². The first kappa shape index (κ1) is 14.3. The van der Waals surface area contributed by atoms with Gasteiger partial charge in [0.2, 0.25) is 11.9 Å². The van der Waals surface area contributed by atoms with Crippen LogP contribution in [0.2, 0.25) is 0 Å². The molecule has 5 nitrogen and oxygen atoms in total. The summed E-state index contributed by atoms with van der Waals surface area (Å²) in [5, 5.41) is 2.53. The summed E-state index contributed by atoms with van der Waals surface area (Å²) in [7, 11) is 1.70. The summed E-state index contributed by atoms with van der Waals surface area (Å²) >= 11 is 1.66. The number of guanidine groups is 1. The van der Waals surface area contributed by atoms with E-state index in [4.69, 9.17) is 0 Å². The third-order valence-corrected chi connectivity index (χ3v) is 3.56. The van der Waals surface area contributed by atoms with Gasteiger partial charge in [0.05, 0.1) is 0 Å². The van der Waals surface area contributed by atoms with Gasteiger partial charge in [-0.1, -0.05) is 12.1 Å². The Morgan fingerprint density at radius 2 is 2.00 bits per heavy atom. The molecule has 1 aromatic rings. The molecule has 2 amide bonds. The molecule has 104 valence electrons. The normalized spacial score (nSPS) is 16.6. The Bertz CT molecular complexity index is 605. The smallest absolute Gasteiger partial charge is 0.296 e. The molecule has 1 N–H and O–H groups in total. The van der Waals surface area contributed by atoms with E-state index in [0.717, 1.165) is 10.5 Å². The second-order valence-electron chi connectivity index (χ2n) is 4.28. The average molecular weight is 289 g/mol. The molecule has 0 saturated heterocycles. The Balaban J connectivity index is 2.22. The van der Waals surface area contributed by atoms with Gasteiger partial charge in [-0.15, -0.1) is 11.8 Å². The highest BCUT2D eigenvalue weighted by Gasteiger charge is 2.26. The zero-order chi connectivity index (χ0) is 14.7. The van der Waals surface area contributed by atoms with E-state index in [-0.39, 0.29) is 17.8 Å². The van der Waals surface area contributed by atoms with Crippen LogP contribution in [0.25, 0.3) is 6.08 Å². The topological polar surface area (TPSA) is 61.8 Å². The molecule has 6 heteroatoms. The molecule has 1 aromatic carbocycles. The van der Waals surface area contributed by atoms with Crippen molar-refractivity contribution in [3.8, 4) is 0 Å². The highest BCUT2D eigenvalue weighted by molar-refractivity contribution is 7.98. The van der Waals surface area contributed by atoms with Gasteiger partial charge in [0.1, 0.15) is 5.70 Å². The summed E-state index contributed by atoms with van der Waals surface area (Å²) in [6.07, 6.45) is 3.76. The average Bonchev–Trinajstić information content (AvgIpc) is 2.66. The number of likely N-dealkylation sites (N-methyl/N-ethyl adjacent to an activating group) is 1. The Hall–Kier alpha value is -2.08. The van der Waals surface area contributed by atoms with Crippen LogP contribution >= 0.6 is 11.8 Å². The van der Waals surface area contributed by atoms with Gasteiger partial charge in [-0.2, -0.15) is 4.99 Å². The summed E-state index contributed by atoms with van der Waals surface area (Å²) in [6, 6.07) is 7.87. The first-order valence-electron chi connectivity index (χ1n) is 6.01. The van der Waals surface area contributed by atoms with E-state index in [1.54, 1.807) is 29.8 Å². The summed E-state index contributed by atoms with van der Waals surface area (Å²) in [5.41, 5.74) is 1.35. The zero-order valence-electron chi connectivity index (χ0n) is 11.5. The van der Waals surface area contributed by atoms with Gasteiger partial charge < -0.3 is 4.90 Å². The molecule has 0 aliphatic carbocycles. The maximum atomic E-state index is 11.9. The quantitative estimate of drug-likeness (QED) is 0.665. The molecule has 0 atom stereocenters. The fraction of sp³-hybridized carbons (Fsp3) is 0.214. The third kappa shape index (κ3) is 3.08. The number of carbonyl (C=O) groups excluding carboxylic acids is 2. The fourth-order valence-corrected chi connectivity index (χ4v) is 2.18. The molecule has 0 unspecified atom stereocenters. The van der Waals surface area contributed by atoms with Crippen LogP contribution in [-0.4, -0.2) is 36.0 Å². The first-order chi connectivity index (χ1) is 9.51. The lowest BCUT2D eigenvalue weighted by Crippen LogP contribution is -2.37. The highest BCUT2D eigenvalue weighted by Crippen LogP contribution is 2.19. The van der Waals surface area contributed by atoms with Gasteiger partial charge in [0.25, 0.3) is 5.91 Å². The van der Waals surface area contributed by atoms with Gasteiger partial charge in [-0.3, -0.25) is 14.9 Å². The summed E-state index contributed by atoms with van der Waals surface area (Å²) in [5.74, 6) is -0.353. The van der Waals surface area contributed by atoms with Crippen LogP contribution < -0.4 is 5.32 Å². The van der Waals surface area contributed by atoms with Crippen LogP contribution in [0, 0.1) is 0 Å². The van der Waals surface area contributed by atoms with Crippen molar-refractivity contribution in [1.82, 2.24) is 10.2 Å². The number of hydrogen-bond donors (Lipinski definition) is 1. The lowest BCUT2D eigenvalue weighted by Gasteiger charge is -2.14. The van der Waals surface area contributed by atoms with Crippen LogP contribution in [0.4, 0.5) is 0 Å². The summed E-state index contributed by atoms with van der Waals surface area (Å²) in [6.45, 7) is 1.38. The van der Waals surface area contributed by atoms with Gasteiger partial charge in [-0.05, 0) is 30.0 Å². The minimum absolute atomic E-state index is 0.256. The fourth-order valence-electron chi connectivity index (χ4n) is 1.77. The molecule has 1 heterocycles. The second-order valence-corrected chi connectivity index (χ2v) is 5.16. The first-order valence-corrected chi connectivity index (χ1v) is 7.24. The molecule has 1 aliphatic heterocycles. The van der Waals surface area contributed by atoms with Crippen LogP contribution in [0.15, 0.2) is 39.9 Å². The Morgan fingerprint density at radius 3 is 2.55 bits per heavy atom. The molecule has 0 saturated carbocycles. The maximum absolute atomic E-state index is 11.9. The Kier molecular flexibility index (Phi) is 4.24. The monoisotopic (exact) mass is 289 g/mol. The van der Waals surface area contributed by atoms with Crippen LogP contribution in [0.1, 0.15) is 12.5 Å². The summed E-state index contributed by atoms with van der Waals surface area (Å²) < 4.78 is 0. The number of nitrogens with zero attached hydrogens (tertiary/aromatic N) is 2. The molecule has 0 aromatic heterocycles. The highest BCUT2D eigenvalue weighted by atomic mass is 32.2. The van der Waals surface area contributed by atoms with Crippen molar-refractivity contribution < 1.29 is 9.59 Å². The minimum atomic E-state index is -0.356. The molecule has 0 bridgehead atoms. The number of thioether (sulfide) groups is 1. The lowest BCUT2D eigenvalue weighted by atomic mass is 10.2. The second kappa shape index (κ2) is 5.92. The third-order valence-electron chi connectivity index (χ3n) is 2.81. The Morgan fingerprint density at radius 1 is 1.35 bits per heavy atom. The number of carbonyl (C=O) groups is 2. The number of amides is 2. The van der Waals surface area contributed by atoms with Gasteiger partial charge in [0.15, 0.2) is 0 Å². The molecule has 0 spiro atoms. The Labute approximate surface area is 121 Å². The van der Waals surface area contributed by atoms with E-state index in [1.807, 2.05) is 30.5 Å². The molecule has 0 fully saturated rings. The van der Waals surface area contributed by atoms with E-state index >= 15 is 0 Å². The van der Waals surface area contributed by atoms with Crippen molar-refractivity contribution in [1.29, 1.82) is 0 Å². The SMILES string of the molecule is CSc1ccc(C=C2C(=O)N=C(NC(C)=O)N2C)cc1. The van der Waals surface area contributed by atoms with Gasteiger partial charge in [-0.25, -0.2) is 0 Å². The molecule has 0 radical (unpaired) electrons. The number of benzene rings is 1. The predicted octanol–water partition coefficient (Wildman–Crippen LogP) is 1.71. The van der Waals surface area contributed by atoms with Crippen LogP contribution in [0.3, 0.4) is 0 Å². The van der Waals surface area contributed by atoms with E-state index in [9.17, 15) is 9.59 Å². The van der Waals surface area contributed by atoms with E-state index < -0.39 is 0 Å². The number of hydrogen-bond acceptors (Lipinski definition) is 4. The van der Waals surface area contributed by atoms with Crippen LogP contribution in [-0.2, 0) is 9.59 Å². The minimum Gasteiger partial charge on any atom is -0.310 e. The lowest BCUT2D eigenvalue weighted by molar-refractivity contribution is -0.117. The van der Waals surface area contributed by atoms with E-state index in [2.05, 4.69) is 10.3 Å².